The Morgan fingerprint density at radius 1 is 0.941 bits per heavy atom. The number of hydrogen-bond donors (Lipinski definition) is 0. The fourth-order valence-corrected chi connectivity index (χ4v) is 1.95. The topological polar surface area (TPSA) is 29.4 Å². The molecule has 84 valence electrons. The molecule has 0 unspecified atom stereocenters. The van der Waals surface area contributed by atoms with Crippen LogP contribution in [-0.4, -0.2) is 6.08 Å². The molecule has 0 saturated heterocycles. The fourth-order valence-electron chi connectivity index (χ4n) is 1.95. The minimum Gasteiger partial charge on any atom is -0.211 e. The van der Waals surface area contributed by atoms with Crippen LogP contribution in [-0.2, 0) is 4.79 Å². The maximum absolute atomic E-state index is 10.2. The van der Waals surface area contributed by atoms with Crippen molar-refractivity contribution in [3.8, 4) is 11.1 Å². The Morgan fingerprint density at radius 3 is 2.29 bits per heavy atom. The second kappa shape index (κ2) is 4.77. The van der Waals surface area contributed by atoms with Crippen LogP contribution in [0.4, 0.5) is 5.69 Å². The number of aryl methyl sites for hydroxylation is 2. The third-order valence-corrected chi connectivity index (χ3v) is 2.58. The summed E-state index contributed by atoms with van der Waals surface area (Å²) in [6.45, 7) is 4.15. The zero-order valence-corrected chi connectivity index (χ0v) is 9.90. The van der Waals surface area contributed by atoms with E-state index in [0.29, 0.717) is 5.69 Å². The van der Waals surface area contributed by atoms with Crippen molar-refractivity contribution in [2.24, 2.45) is 4.99 Å². The van der Waals surface area contributed by atoms with Gasteiger partial charge in [-0.25, -0.2) is 4.79 Å². The van der Waals surface area contributed by atoms with Crippen LogP contribution in [0.1, 0.15) is 11.1 Å². The summed E-state index contributed by atoms with van der Waals surface area (Å²) in [5.74, 6) is 0. The molecule has 0 heterocycles. The lowest BCUT2D eigenvalue weighted by Gasteiger charge is -2.05. The van der Waals surface area contributed by atoms with Crippen molar-refractivity contribution in [1.29, 1.82) is 0 Å². The highest BCUT2D eigenvalue weighted by molar-refractivity contribution is 5.69. The molecule has 2 aromatic carbocycles. The van der Waals surface area contributed by atoms with E-state index in [1.165, 1.54) is 11.1 Å². The van der Waals surface area contributed by atoms with Crippen molar-refractivity contribution >= 4 is 11.8 Å². The van der Waals surface area contributed by atoms with Gasteiger partial charge in [-0.05, 0) is 37.1 Å². The maximum atomic E-state index is 10.2. The lowest BCUT2D eigenvalue weighted by atomic mass is 10.0. The molecule has 0 N–H and O–H groups in total. The van der Waals surface area contributed by atoms with E-state index in [-0.39, 0.29) is 0 Å². The van der Waals surface area contributed by atoms with Gasteiger partial charge in [0.05, 0.1) is 5.69 Å². The summed E-state index contributed by atoms with van der Waals surface area (Å²) >= 11 is 0. The summed E-state index contributed by atoms with van der Waals surface area (Å²) in [7, 11) is 0. The molecule has 0 aliphatic heterocycles. The van der Waals surface area contributed by atoms with E-state index in [0.717, 1.165) is 11.1 Å². The third kappa shape index (κ3) is 2.68. The quantitative estimate of drug-likeness (QED) is 0.560. The molecule has 0 aromatic heterocycles. The number of benzene rings is 2. The fraction of sp³-hybridized carbons (Fsp3) is 0.133. The van der Waals surface area contributed by atoms with Gasteiger partial charge in [-0.1, -0.05) is 41.5 Å². The van der Waals surface area contributed by atoms with Gasteiger partial charge in [0.1, 0.15) is 0 Å². The highest BCUT2D eigenvalue weighted by atomic mass is 16.1. The van der Waals surface area contributed by atoms with Crippen molar-refractivity contribution < 1.29 is 4.79 Å². The highest BCUT2D eigenvalue weighted by Gasteiger charge is 2.00. The molecule has 0 aliphatic carbocycles. The molecule has 0 saturated carbocycles. The van der Waals surface area contributed by atoms with Crippen molar-refractivity contribution in [1.82, 2.24) is 0 Å². The Kier molecular flexibility index (Phi) is 3.17. The maximum Gasteiger partial charge on any atom is 0.240 e. The summed E-state index contributed by atoms with van der Waals surface area (Å²) in [5, 5.41) is 0. The second-order valence-electron chi connectivity index (χ2n) is 4.13. The molecule has 2 heteroatoms. The summed E-state index contributed by atoms with van der Waals surface area (Å²) in [5.41, 5.74) is 5.30. The summed E-state index contributed by atoms with van der Waals surface area (Å²) < 4.78 is 0. The molecular weight excluding hydrogens is 210 g/mol. The zero-order chi connectivity index (χ0) is 12.3. The van der Waals surface area contributed by atoms with Crippen molar-refractivity contribution in [3.63, 3.8) is 0 Å². The Morgan fingerprint density at radius 2 is 1.65 bits per heavy atom. The Bertz CT molecular complexity index is 575. The number of nitrogens with zero attached hydrogens (tertiary/aromatic N) is 1. The van der Waals surface area contributed by atoms with Gasteiger partial charge in [0.2, 0.25) is 6.08 Å². The van der Waals surface area contributed by atoms with Crippen LogP contribution >= 0.6 is 0 Å². The molecule has 2 aromatic rings. The summed E-state index contributed by atoms with van der Waals surface area (Å²) in [4.78, 5) is 13.9. The average Bonchev–Trinajstić information content (AvgIpc) is 2.28. The number of aliphatic imine (C=N–C) groups is 1. The van der Waals surface area contributed by atoms with E-state index in [2.05, 4.69) is 37.0 Å². The van der Waals surface area contributed by atoms with Gasteiger partial charge in [-0.3, -0.25) is 0 Å². The van der Waals surface area contributed by atoms with Gasteiger partial charge >= 0.3 is 0 Å². The van der Waals surface area contributed by atoms with Crippen LogP contribution in [0.3, 0.4) is 0 Å². The van der Waals surface area contributed by atoms with Gasteiger partial charge in [0.15, 0.2) is 0 Å². The predicted molar refractivity (Wildman–Crippen MR) is 69.1 cm³/mol. The molecule has 0 radical (unpaired) electrons. The van der Waals surface area contributed by atoms with Gasteiger partial charge in [-0.2, -0.15) is 4.99 Å². The van der Waals surface area contributed by atoms with E-state index in [1.54, 1.807) is 12.1 Å². The SMILES string of the molecule is Cc1cc(C)cc(-c2cccc(N=C=O)c2)c1. The van der Waals surface area contributed by atoms with E-state index in [9.17, 15) is 4.79 Å². The molecule has 0 spiro atoms. The molecule has 0 aliphatic rings. The highest BCUT2D eigenvalue weighted by Crippen LogP contribution is 2.25. The minimum atomic E-state index is 0.636. The lowest BCUT2D eigenvalue weighted by Crippen LogP contribution is -1.82. The number of hydrogen-bond acceptors (Lipinski definition) is 2. The van der Waals surface area contributed by atoms with Gasteiger partial charge in [0.25, 0.3) is 0 Å². The first-order valence-corrected chi connectivity index (χ1v) is 5.45. The van der Waals surface area contributed by atoms with Crippen LogP contribution < -0.4 is 0 Å². The molecule has 2 rings (SSSR count). The number of isocyanates is 1. The van der Waals surface area contributed by atoms with Gasteiger partial charge in [0, 0.05) is 0 Å². The number of rotatable bonds is 2. The van der Waals surface area contributed by atoms with Gasteiger partial charge < -0.3 is 0 Å². The van der Waals surface area contributed by atoms with Crippen molar-refractivity contribution in [2.45, 2.75) is 13.8 Å². The van der Waals surface area contributed by atoms with Crippen LogP contribution in [0.25, 0.3) is 11.1 Å². The molecule has 2 nitrogen and oxygen atoms in total. The van der Waals surface area contributed by atoms with E-state index in [1.807, 2.05) is 18.2 Å². The van der Waals surface area contributed by atoms with E-state index in [4.69, 9.17) is 0 Å². The standard InChI is InChI=1S/C15H13NO/c1-11-6-12(2)8-14(7-11)13-4-3-5-15(9-13)16-10-17/h3-9H,1-2H3. The Labute approximate surface area is 101 Å². The van der Waals surface area contributed by atoms with Crippen LogP contribution in [0, 0.1) is 13.8 Å². The first-order valence-electron chi connectivity index (χ1n) is 5.45. The molecule has 0 fully saturated rings. The second-order valence-corrected chi connectivity index (χ2v) is 4.13. The van der Waals surface area contributed by atoms with Crippen LogP contribution in [0.2, 0.25) is 0 Å². The van der Waals surface area contributed by atoms with Crippen molar-refractivity contribution in [3.05, 3.63) is 53.6 Å². The largest absolute Gasteiger partial charge is 0.240 e. The molecule has 0 amide bonds. The van der Waals surface area contributed by atoms with E-state index < -0.39 is 0 Å². The Hall–Kier alpha value is -2.18. The van der Waals surface area contributed by atoms with Crippen LogP contribution in [0.15, 0.2) is 47.5 Å². The number of carbonyl (C=O) groups excluding carboxylic acids is 1. The monoisotopic (exact) mass is 223 g/mol. The third-order valence-electron chi connectivity index (χ3n) is 2.58. The lowest BCUT2D eigenvalue weighted by molar-refractivity contribution is 0.565. The molecular formula is C15H13NO. The summed E-state index contributed by atoms with van der Waals surface area (Å²) in [6, 6.07) is 14.0. The minimum absolute atomic E-state index is 0.636. The van der Waals surface area contributed by atoms with Crippen molar-refractivity contribution in [2.75, 3.05) is 0 Å². The molecule has 0 bridgehead atoms. The van der Waals surface area contributed by atoms with E-state index >= 15 is 0 Å². The Balaban J connectivity index is 2.52. The first kappa shape index (κ1) is 11.3. The normalized spacial score (nSPS) is 9.76. The van der Waals surface area contributed by atoms with Gasteiger partial charge in [-0.15, -0.1) is 0 Å². The molecule has 17 heavy (non-hydrogen) atoms. The zero-order valence-electron chi connectivity index (χ0n) is 9.90. The smallest absolute Gasteiger partial charge is 0.211 e. The summed E-state index contributed by atoms with van der Waals surface area (Å²) in [6.07, 6.45) is 1.56. The molecule has 0 atom stereocenters. The van der Waals surface area contributed by atoms with Crippen LogP contribution in [0.5, 0.6) is 0 Å². The predicted octanol–water partition coefficient (Wildman–Crippen LogP) is 3.94. The first-order chi connectivity index (χ1) is 8.19. The average molecular weight is 223 g/mol.